The van der Waals surface area contributed by atoms with Gasteiger partial charge in [-0.25, -0.2) is 9.97 Å². The molecule has 4 rings (SSSR count). The number of H-pyrrole nitrogens is 1. The summed E-state index contributed by atoms with van der Waals surface area (Å²) in [4.78, 5) is 14.7. The van der Waals surface area contributed by atoms with Gasteiger partial charge in [0.1, 0.15) is 0 Å². The van der Waals surface area contributed by atoms with Crippen molar-refractivity contribution in [2.24, 2.45) is 0 Å². The van der Waals surface area contributed by atoms with Crippen LogP contribution in [0.1, 0.15) is 35.2 Å². The molecular weight excluding hydrogens is 310 g/mol. The van der Waals surface area contributed by atoms with Gasteiger partial charge in [0.25, 0.3) is 0 Å². The third-order valence-corrected chi connectivity index (χ3v) is 5.11. The van der Waals surface area contributed by atoms with Gasteiger partial charge in [-0.3, -0.25) is 0 Å². The molecule has 0 bridgehead atoms. The lowest BCUT2D eigenvalue weighted by Crippen LogP contribution is -2.20. The Hall–Kier alpha value is -2.40. The minimum absolute atomic E-state index is 0.781. The summed E-state index contributed by atoms with van der Waals surface area (Å²) in [6.07, 6.45) is 6.38. The van der Waals surface area contributed by atoms with Gasteiger partial charge >= 0.3 is 0 Å². The van der Waals surface area contributed by atoms with Crippen molar-refractivity contribution in [3.63, 3.8) is 0 Å². The number of aromatic amines is 1. The van der Waals surface area contributed by atoms with E-state index in [4.69, 9.17) is 0 Å². The van der Waals surface area contributed by atoms with E-state index in [1.54, 1.807) is 0 Å². The fourth-order valence-corrected chi connectivity index (χ4v) is 3.49. The van der Waals surface area contributed by atoms with E-state index < -0.39 is 0 Å². The predicted molar refractivity (Wildman–Crippen MR) is 102 cm³/mol. The number of fused-ring (bicyclic) bond motifs is 1. The van der Waals surface area contributed by atoms with E-state index in [1.165, 1.54) is 40.6 Å². The van der Waals surface area contributed by atoms with Gasteiger partial charge in [0.05, 0.1) is 0 Å². The second kappa shape index (κ2) is 6.84. The molecule has 0 atom stereocenters. The van der Waals surface area contributed by atoms with Gasteiger partial charge in [-0.15, -0.1) is 0 Å². The van der Waals surface area contributed by atoms with Crippen LogP contribution in [0.15, 0.2) is 30.6 Å². The SMILES string of the molecule is Cc1[nH]c2ccc(CNCc3cnc(N4CCCC4)nc3)cc2c1C. The predicted octanol–water partition coefficient (Wildman–Crippen LogP) is 3.46. The van der Waals surface area contributed by atoms with Gasteiger partial charge in [0.15, 0.2) is 0 Å². The van der Waals surface area contributed by atoms with Crippen LogP contribution in [0.3, 0.4) is 0 Å². The summed E-state index contributed by atoms with van der Waals surface area (Å²) in [5.41, 5.74) is 6.21. The Kier molecular flexibility index (Phi) is 4.40. The molecule has 0 radical (unpaired) electrons. The van der Waals surface area contributed by atoms with E-state index in [0.717, 1.165) is 37.7 Å². The van der Waals surface area contributed by atoms with Crippen molar-refractivity contribution in [2.75, 3.05) is 18.0 Å². The van der Waals surface area contributed by atoms with Crippen LogP contribution < -0.4 is 10.2 Å². The molecule has 3 heterocycles. The van der Waals surface area contributed by atoms with Crippen molar-refractivity contribution in [2.45, 2.75) is 39.8 Å². The zero-order valence-corrected chi connectivity index (χ0v) is 15.0. The Bertz CT molecular complexity index is 860. The summed E-state index contributed by atoms with van der Waals surface area (Å²) in [5.74, 6) is 0.866. The quantitative estimate of drug-likeness (QED) is 0.750. The topological polar surface area (TPSA) is 56.8 Å². The molecule has 130 valence electrons. The fourth-order valence-electron chi connectivity index (χ4n) is 3.49. The molecule has 1 aliphatic heterocycles. The molecule has 0 saturated carbocycles. The van der Waals surface area contributed by atoms with Gasteiger partial charge in [-0.2, -0.15) is 0 Å². The molecular formula is C20H25N5. The van der Waals surface area contributed by atoms with Crippen LogP contribution in [0, 0.1) is 13.8 Å². The zero-order valence-electron chi connectivity index (χ0n) is 15.0. The van der Waals surface area contributed by atoms with Gasteiger partial charge in [-0.05, 0) is 49.9 Å². The van der Waals surface area contributed by atoms with Gasteiger partial charge in [0.2, 0.25) is 5.95 Å². The molecule has 1 aliphatic rings. The van der Waals surface area contributed by atoms with E-state index in [9.17, 15) is 0 Å². The first-order chi connectivity index (χ1) is 12.2. The fraction of sp³-hybridized carbons (Fsp3) is 0.400. The second-order valence-electron chi connectivity index (χ2n) is 6.94. The van der Waals surface area contributed by atoms with Crippen molar-refractivity contribution in [3.8, 4) is 0 Å². The Morgan fingerprint density at radius 3 is 2.52 bits per heavy atom. The molecule has 3 aromatic rings. The molecule has 0 unspecified atom stereocenters. The first kappa shape index (κ1) is 16.1. The lowest BCUT2D eigenvalue weighted by Gasteiger charge is -2.14. The smallest absolute Gasteiger partial charge is 0.225 e. The number of benzene rings is 1. The summed E-state index contributed by atoms with van der Waals surface area (Å²) in [5, 5.41) is 4.81. The number of nitrogens with zero attached hydrogens (tertiary/aromatic N) is 3. The molecule has 5 nitrogen and oxygen atoms in total. The van der Waals surface area contributed by atoms with Gasteiger partial charge in [0, 0.05) is 60.7 Å². The Morgan fingerprint density at radius 1 is 1.04 bits per heavy atom. The standard InChI is InChI=1S/C20H25N5/c1-14-15(2)24-19-6-5-16(9-18(14)19)10-21-11-17-12-22-20(23-13-17)25-7-3-4-8-25/h5-6,9,12-13,21,24H,3-4,7-8,10-11H2,1-2H3. The molecule has 5 heteroatoms. The van der Waals surface area contributed by atoms with Crippen molar-refractivity contribution < 1.29 is 0 Å². The maximum Gasteiger partial charge on any atom is 0.225 e. The molecule has 1 fully saturated rings. The first-order valence-corrected chi connectivity index (χ1v) is 9.05. The van der Waals surface area contributed by atoms with Crippen molar-refractivity contribution in [1.29, 1.82) is 0 Å². The lowest BCUT2D eigenvalue weighted by atomic mass is 10.1. The van der Waals surface area contributed by atoms with E-state index in [2.05, 4.69) is 57.2 Å². The summed E-state index contributed by atoms with van der Waals surface area (Å²) in [6, 6.07) is 6.62. The third kappa shape index (κ3) is 3.37. The van der Waals surface area contributed by atoms with E-state index >= 15 is 0 Å². The summed E-state index contributed by atoms with van der Waals surface area (Å²) >= 11 is 0. The molecule has 2 aromatic heterocycles. The summed E-state index contributed by atoms with van der Waals surface area (Å²) < 4.78 is 0. The zero-order chi connectivity index (χ0) is 17.2. The molecule has 0 aliphatic carbocycles. The molecule has 0 amide bonds. The highest BCUT2D eigenvalue weighted by Gasteiger charge is 2.14. The summed E-state index contributed by atoms with van der Waals surface area (Å²) in [6.45, 7) is 8.08. The monoisotopic (exact) mass is 335 g/mol. The third-order valence-electron chi connectivity index (χ3n) is 5.11. The Labute approximate surface area is 148 Å². The second-order valence-corrected chi connectivity index (χ2v) is 6.94. The number of aromatic nitrogens is 3. The average molecular weight is 335 g/mol. The number of nitrogens with one attached hydrogen (secondary N) is 2. The van der Waals surface area contributed by atoms with E-state index in [1.807, 2.05) is 12.4 Å². The normalized spacial score (nSPS) is 14.6. The average Bonchev–Trinajstić information content (AvgIpc) is 3.25. The number of hydrogen-bond donors (Lipinski definition) is 2. The van der Waals surface area contributed by atoms with E-state index in [-0.39, 0.29) is 0 Å². The number of rotatable bonds is 5. The molecule has 25 heavy (non-hydrogen) atoms. The van der Waals surface area contributed by atoms with Crippen LogP contribution in [0.25, 0.3) is 10.9 Å². The first-order valence-electron chi connectivity index (χ1n) is 9.05. The number of hydrogen-bond acceptors (Lipinski definition) is 4. The van der Waals surface area contributed by atoms with Crippen LogP contribution in [0.2, 0.25) is 0 Å². The minimum atomic E-state index is 0.781. The van der Waals surface area contributed by atoms with Crippen LogP contribution in [-0.2, 0) is 13.1 Å². The molecule has 1 aromatic carbocycles. The maximum absolute atomic E-state index is 4.51. The highest BCUT2D eigenvalue weighted by Crippen LogP contribution is 2.22. The van der Waals surface area contributed by atoms with Crippen molar-refractivity contribution in [3.05, 3.63) is 53.0 Å². The largest absolute Gasteiger partial charge is 0.358 e. The van der Waals surface area contributed by atoms with Gasteiger partial charge < -0.3 is 15.2 Å². The van der Waals surface area contributed by atoms with Crippen molar-refractivity contribution in [1.82, 2.24) is 20.3 Å². The Balaban J connectivity index is 1.36. The number of anilines is 1. The lowest BCUT2D eigenvalue weighted by molar-refractivity contribution is 0.688. The summed E-state index contributed by atoms with van der Waals surface area (Å²) in [7, 11) is 0. The number of aryl methyl sites for hydroxylation is 2. The van der Waals surface area contributed by atoms with Crippen LogP contribution in [0.4, 0.5) is 5.95 Å². The molecule has 2 N–H and O–H groups in total. The van der Waals surface area contributed by atoms with Crippen LogP contribution in [0.5, 0.6) is 0 Å². The molecule has 1 saturated heterocycles. The highest BCUT2D eigenvalue weighted by molar-refractivity contribution is 5.84. The Morgan fingerprint density at radius 2 is 1.76 bits per heavy atom. The maximum atomic E-state index is 4.51. The van der Waals surface area contributed by atoms with Crippen molar-refractivity contribution >= 4 is 16.9 Å². The minimum Gasteiger partial charge on any atom is -0.358 e. The van der Waals surface area contributed by atoms with E-state index in [0.29, 0.717) is 0 Å². The van der Waals surface area contributed by atoms with Crippen LogP contribution >= 0.6 is 0 Å². The molecule has 0 spiro atoms. The van der Waals surface area contributed by atoms with Gasteiger partial charge in [-0.1, -0.05) is 6.07 Å². The van der Waals surface area contributed by atoms with Crippen LogP contribution in [-0.4, -0.2) is 28.0 Å². The highest BCUT2D eigenvalue weighted by atomic mass is 15.3.